The van der Waals surface area contributed by atoms with Crippen LogP contribution >= 0.6 is 0 Å². The zero-order valence-corrected chi connectivity index (χ0v) is 35.1. The minimum absolute atomic E-state index is 0.0684. The number of nitrogens with zero attached hydrogens (tertiary/aromatic N) is 6. The molecule has 2 aromatic rings. The van der Waals surface area contributed by atoms with Gasteiger partial charge in [0.1, 0.15) is 24.6 Å². The molecule has 0 amide bonds. The third-order valence-electron chi connectivity index (χ3n) is 8.07. The Kier molecular flexibility index (Phi) is 27.4. The first-order valence-corrected chi connectivity index (χ1v) is 18.9. The highest BCUT2D eigenvalue weighted by molar-refractivity contribution is 5.77. The maximum Gasteiger partial charge on any atom is 0.323 e. The Morgan fingerprint density at radius 2 is 0.470 bits per heavy atom. The molecule has 66 heavy (non-hydrogen) atoms. The van der Waals surface area contributed by atoms with Crippen molar-refractivity contribution in [2.45, 2.75) is 0 Å². The zero-order valence-electron chi connectivity index (χ0n) is 35.1. The predicted molar refractivity (Wildman–Crippen MR) is 223 cm³/mol. The third kappa shape index (κ3) is 28.7. The number of rotatable bonds is 31. The number of hydrogen-bond acceptors (Lipinski definition) is 18. The summed E-state index contributed by atoms with van der Waals surface area (Å²) in [6.45, 7) is -4.96. The molecule has 0 saturated heterocycles. The number of aromatic hydroxyl groups is 2. The van der Waals surface area contributed by atoms with Crippen molar-refractivity contribution in [2.24, 2.45) is 0 Å². The van der Waals surface area contributed by atoms with E-state index in [2.05, 4.69) is 0 Å². The summed E-state index contributed by atoms with van der Waals surface area (Å²) in [4.78, 5) is 114. The van der Waals surface area contributed by atoms with Gasteiger partial charge in [-0.15, -0.1) is 0 Å². The van der Waals surface area contributed by atoms with Crippen LogP contribution in [-0.4, -0.2) is 245 Å². The maximum absolute atomic E-state index is 11.2. The molecule has 0 aliphatic rings. The fourth-order valence-electron chi connectivity index (χ4n) is 5.55. The Hall–Kier alpha value is -7.82. The van der Waals surface area contributed by atoms with Crippen LogP contribution in [0.15, 0.2) is 48.5 Å². The second kappa shape index (κ2) is 31.1. The van der Waals surface area contributed by atoms with E-state index in [-0.39, 0.29) is 63.9 Å². The van der Waals surface area contributed by atoms with E-state index >= 15 is 0 Å². The molecule has 0 bridgehead atoms. The largest absolute Gasteiger partial charge is 0.506 e. The second-order valence-electron chi connectivity index (χ2n) is 13.6. The molecule has 366 valence electrons. The highest BCUT2D eigenvalue weighted by Crippen LogP contribution is 2.28. The SMILES string of the molecule is O=C(O)CN(CCN(CC(=O)O)CC(=O)O)CC(=O)O.O=C(O)CN(CCN(CC(=O)O)CC(=O)O)CC(=O)O.O=C(O)CN(CCN(CC(=O)O)c1ccccc1O)c1ccccc1O. The summed E-state index contributed by atoms with van der Waals surface area (Å²) in [5, 5.41) is 107. The zero-order chi connectivity index (χ0) is 50.5. The van der Waals surface area contributed by atoms with Gasteiger partial charge in [-0.2, -0.15) is 0 Å². The van der Waals surface area contributed by atoms with Crippen LogP contribution in [0, 0.1) is 0 Å². The van der Waals surface area contributed by atoms with Crippen molar-refractivity contribution in [3.63, 3.8) is 0 Å². The standard InChI is InChI=1S/C18H20N2O6.2C10H16N2O8/c21-15-7-3-1-5-13(15)19(11-17(23)24)9-10-20(12-18(25)26)14-6-2-4-8-16(14)22;2*13-7(14)3-11(4-8(15)16)1-2-12(5-9(17)18)6-10(19)20/h1-8,21-22H,9-12H2,(H,23,24)(H,25,26);2*1-6H2,(H,13,14)(H,15,16)(H,17,18)(H,19,20). The van der Waals surface area contributed by atoms with Gasteiger partial charge >= 0.3 is 59.7 Å². The number of carboxylic acid groups (broad SMARTS) is 10. The van der Waals surface area contributed by atoms with Crippen molar-refractivity contribution < 1.29 is 109 Å². The minimum atomic E-state index is -1.23. The number of aliphatic carboxylic acids is 10. The molecule has 2 aromatic carbocycles. The predicted octanol–water partition coefficient (Wildman–Crippen LogP) is -2.56. The van der Waals surface area contributed by atoms with Crippen molar-refractivity contribution in [3.8, 4) is 11.5 Å². The molecule has 0 aromatic heterocycles. The summed E-state index contributed by atoms with van der Waals surface area (Å²) in [6.07, 6.45) is 0. The lowest BCUT2D eigenvalue weighted by atomic mass is 10.2. The van der Waals surface area contributed by atoms with Crippen LogP contribution in [0.3, 0.4) is 0 Å². The number of benzene rings is 2. The molecule has 0 heterocycles. The van der Waals surface area contributed by atoms with E-state index < -0.39 is 112 Å². The van der Waals surface area contributed by atoms with Gasteiger partial charge in [0.05, 0.1) is 63.7 Å². The first-order valence-electron chi connectivity index (χ1n) is 18.9. The van der Waals surface area contributed by atoms with Gasteiger partial charge in [0.2, 0.25) is 0 Å². The lowest BCUT2D eigenvalue weighted by molar-refractivity contribution is -0.145. The average molecular weight is 945 g/mol. The molecule has 0 aliphatic carbocycles. The van der Waals surface area contributed by atoms with E-state index in [1.54, 1.807) is 36.4 Å². The second-order valence-corrected chi connectivity index (χ2v) is 13.6. The van der Waals surface area contributed by atoms with Crippen molar-refractivity contribution in [3.05, 3.63) is 48.5 Å². The van der Waals surface area contributed by atoms with Crippen LogP contribution in [0.2, 0.25) is 0 Å². The molecule has 0 unspecified atom stereocenters. The molecule has 0 spiro atoms. The topological polar surface area (TPSA) is 433 Å². The molecule has 0 radical (unpaired) electrons. The van der Waals surface area contributed by atoms with E-state index in [1.807, 2.05) is 0 Å². The lowest BCUT2D eigenvalue weighted by Crippen LogP contribution is -2.43. The normalized spacial score (nSPS) is 10.5. The maximum atomic E-state index is 11.2. The molecule has 2 rings (SSSR count). The van der Waals surface area contributed by atoms with Gasteiger partial charge in [-0.3, -0.25) is 67.5 Å². The average Bonchev–Trinajstić information content (AvgIpc) is 3.16. The first kappa shape index (κ1) is 58.2. The number of carbonyl (C=O) groups is 10. The summed E-state index contributed by atoms with van der Waals surface area (Å²) in [7, 11) is 0. The van der Waals surface area contributed by atoms with E-state index in [0.717, 1.165) is 19.6 Å². The van der Waals surface area contributed by atoms with Crippen molar-refractivity contribution in [2.75, 3.05) is 115 Å². The smallest absolute Gasteiger partial charge is 0.323 e. The van der Waals surface area contributed by atoms with Gasteiger partial charge in [-0.1, -0.05) is 24.3 Å². The molecule has 28 heteroatoms. The lowest BCUT2D eigenvalue weighted by Gasteiger charge is -2.29. The van der Waals surface area contributed by atoms with Gasteiger partial charge < -0.3 is 71.1 Å². The fourth-order valence-corrected chi connectivity index (χ4v) is 5.55. The Morgan fingerprint density at radius 3 is 0.636 bits per heavy atom. The monoisotopic (exact) mass is 944 g/mol. The molecule has 12 N–H and O–H groups in total. The van der Waals surface area contributed by atoms with E-state index in [1.165, 1.54) is 21.9 Å². The van der Waals surface area contributed by atoms with Crippen LogP contribution in [0.4, 0.5) is 11.4 Å². The third-order valence-corrected chi connectivity index (χ3v) is 8.07. The molecule has 0 fully saturated rings. The van der Waals surface area contributed by atoms with Crippen molar-refractivity contribution >= 4 is 71.1 Å². The molecular weight excluding hydrogens is 892 g/mol. The number of para-hydroxylation sites is 4. The molecular formula is C38H52N6O22. The summed E-state index contributed by atoms with van der Waals surface area (Å²) in [5.74, 6) is -12.1. The van der Waals surface area contributed by atoms with Crippen LogP contribution < -0.4 is 9.80 Å². The number of phenols is 2. The van der Waals surface area contributed by atoms with Crippen LogP contribution in [0.1, 0.15) is 0 Å². The molecule has 28 nitrogen and oxygen atoms in total. The molecule has 0 aliphatic heterocycles. The quantitative estimate of drug-likeness (QED) is 0.0370. The number of hydrogen-bond donors (Lipinski definition) is 12. The van der Waals surface area contributed by atoms with Gasteiger partial charge in [0.25, 0.3) is 0 Å². The number of anilines is 2. The van der Waals surface area contributed by atoms with E-state index in [9.17, 15) is 58.2 Å². The van der Waals surface area contributed by atoms with Gasteiger partial charge in [-0.05, 0) is 24.3 Å². The fraction of sp³-hybridized carbons (Fsp3) is 0.421. The Labute approximate surface area is 374 Å². The summed E-state index contributed by atoms with van der Waals surface area (Å²) in [6, 6.07) is 12.6. The van der Waals surface area contributed by atoms with E-state index in [4.69, 9.17) is 51.1 Å². The number of phenolic OH excluding ortho intramolecular Hbond substituents is 2. The minimum Gasteiger partial charge on any atom is -0.506 e. The summed E-state index contributed by atoms with van der Waals surface area (Å²) < 4.78 is 0. The Morgan fingerprint density at radius 1 is 0.288 bits per heavy atom. The van der Waals surface area contributed by atoms with Crippen molar-refractivity contribution in [1.29, 1.82) is 0 Å². The molecule has 0 atom stereocenters. The van der Waals surface area contributed by atoms with Crippen molar-refractivity contribution in [1.82, 2.24) is 19.6 Å². The van der Waals surface area contributed by atoms with E-state index in [0.29, 0.717) is 11.4 Å². The summed E-state index contributed by atoms with van der Waals surface area (Å²) in [5.41, 5.74) is 0.671. The first-order chi connectivity index (χ1) is 30.8. The van der Waals surface area contributed by atoms with Gasteiger partial charge in [-0.25, -0.2) is 0 Å². The highest BCUT2D eigenvalue weighted by atomic mass is 16.4. The van der Waals surface area contributed by atoms with Gasteiger partial charge in [0, 0.05) is 39.3 Å². The van der Waals surface area contributed by atoms with Crippen LogP contribution in [0.5, 0.6) is 11.5 Å². The Bertz CT molecular complexity index is 1690. The van der Waals surface area contributed by atoms with Crippen LogP contribution in [-0.2, 0) is 47.9 Å². The van der Waals surface area contributed by atoms with Crippen LogP contribution in [0.25, 0.3) is 0 Å². The van der Waals surface area contributed by atoms with Gasteiger partial charge in [0.15, 0.2) is 0 Å². The Balaban J connectivity index is 0.000000976. The highest BCUT2D eigenvalue weighted by Gasteiger charge is 2.21. The number of carboxylic acids is 10. The molecule has 0 saturated carbocycles. The summed E-state index contributed by atoms with van der Waals surface area (Å²) >= 11 is 0.